The molecule has 0 saturated heterocycles. The zero-order chi connectivity index (χ0) is 19.2. The lowest BCUT2D eigenvalue weighted by molar-refractivity contribution is 0.632. The molecule has 4 aromatic rings. The molecule has 0 aliphatic carbocycles. The predicted octanol–water partition coefficient (Wildman–Crippen LogP) is 5.03. The fourth-order valence-corrected chi connectivity index (χ4v) is 2.73. The number of anilines is 3. The molecule has 2 aromatic carbocycles. The minimum absolute atomic E-state index is 0.341. The molecule has 0 radical (unpaired) electrons. The Morgan fingerprint density at radius 1 is 0.857 bits per heavy atom. The number of hydrogen-bond donors (Lipinski definition) is 2. The Morgan fingerprint density at radius 2 is 1.68 bits per heavy atom. The average molecular weight is 371 g/mol. The van der Waals surface area contributed by atoms with Crippen LogP contribution < -0.4 is 10.6 Å². The van der Waals surface area contributed by atoms with Crippen LogP contribution in [0, 0.1) is 5.82 Å². The molecule has 0 atom stereocenters. The number of aromatic nitrogens is 3. The second-order valence-corrected chi connectivity index (χ2v) is 6.15. The monoisotopic (exact) mass is 371 g/mol. The van der Waals surface area contributed by atoms with Crippen LogP contribution in [0.5, 0.6) is 0 Å². The van der Waals surface area contributed by atoms with E-state index in [1.54, 1.807) is 36.7 Å². The van der Waals surface area contributed by atoms with E-state index in [2.05, 4.69) is 25.6 Å². The summed E-state index contributed by atoms with van der Waals surface area (Å²) < 4.78 is 14.0. The molecule has 0 spiro atoms. The fraction of sp³-hybridized carbons (Fsp3) is 0.0455. The molecule has 0 fully saturated rings. The number of hydrogen-bond acceptors (Lipinski definition) is 5. The lowest BCUT2D eigenvalue weighted by atomic mass is 10.1. The van der Waals surface area contributed by atoms with E-state index in [1.165, 1.54) is 6.07 Å². The van der Waals surface area contributed by atoms with Crippen LogP contribution in [0.15, 0.2) is 85.2 Å². The van der Waals surface area contributed by atoms with E-state index in [1.807, 2.05) is 42.5 Å². The van der Waals surface area contributed by atoms with E-state index in [0.29, 0.717) is 24.0 Å². The van der Waals surface area contributed by atoms with Crippen LogP contribution in [0.25, 0.3) is 11.3 Å². The van der Waals surface area contributed by atoms with Gasteiger partial charge >= 0.3 is 0 Å². The van der Waals surface area contributed by atoms with Gasteiger partial charge in [-0.05, 0) is 23.8 Å². The molecule has 0 unspecified atom stereocenters. The summed E-state index contributed by atoms with van der Waals surface area (Å²) in [5.74, 6) is 0.615. The summed E-state index contributed by atoms with van der Waals surface area (Å²) >= 11 is 0. The van der Waals surface area contributed by atoms with Crippen molar-refractivity contribution < 1.29 is 4.39 Å². The van der Waals surface area contributed by atoms with Crippen LogP contribution in [0.4, 0.5) is 21.8 Å². The van der Waals surface area contributed by atoms with Crippen molar-refractivity contribution in [3.8, 4) is 11.3 Å². The van der Waals surface area contributed by atoms with Crippen LogP contribution in [0.1, 0.15) is 5.56 Å². The number of para-hydroxylation sites is 1. The first-order valence-corrected chi connectivity index (χ1v) is 8.87. The zero-order valence-corrected chi connectivity index (χ0v) is 15.0. The highest BCUT2D eigenvalue weighted by Crippen LogP contribution is 2.24. The molecule has 6 heteroatoms. The van der Waals surface area contributed by atoms with Gasteiger partial charge in [-0.1, -0.05) is 48.5 Å². The van der Waals surface area contributed by atoms with Crippen molar-refractivity contribution in [2.45, 2.75) is 6.54 Å². The number of benzene rings is 2. The second-order valence-electron chi connectivity index (χ2n) is 6.15. The van der Waals surface area contributed by atoms with Gasteiger partial charge in [0, 0.05) is 30.6 Å². The summed E-state index contributed by atoms with van der Waals surface area (Å²) in [5.41, 5.74) is 3.06. The Hall–Kier alpha value is -3.80. The second kappa shape index (κ2) is 8.26. The van der Waals surface area contributed by atoms with Gasteiger partial charge in [-0.3, -0.25) is 4.98 Å². The first-order chi connectivity index (χ1) is 13.8. The van der Waals surface area contributed by atoms with Gasteiger partial charge in [0.2, 0.25) is 5.95 Å². The minimum Gasteiger partial charge on any atom is -0.350 e. The molecule has 0 amide bonds. The standard InChI is InChI=1S/C22H18FN5/c23-18-10-4-5-11-19(18)26-21-13-20(17-8-2-1-3-9-17)27-22(28-21)25-15-16-7-6-12-24-14-16/h1-14H,15H2,(H2,25,26,27,28). The predicted molar refractivity (Wildman–Crippen MR) is 109 cm³/mol. The largest absolute Gasteiger partial charge is 0.350 e. The van der Waals surface area contributed by atoms with Gasteiger partial charge in [-0.15, -0.1) is 0 Å². The molecular weight excluding hydrogens is 353 g/mol. The maximum absolute atomic E-state index is 14.0. The van der Waals surface area contributed by atoms with Crippen LogP contribution >= 0.6 is 0 Å². The van der Waals surface area contributed by atoms with Gasteiger partial charge in [-0.25, -0.2) is 9.37 Å². The van der Waals surface area contributed by atoms with Crippen molar-refractivity contribution in [1.29, 1.82) is 0 Å². The zero-order valence-electron chi connectivity index (χ0n) is 15.0. The summed E-state index contributed by atoms with van der Waals surface area (Å²) in [6.07, 6.45) is 3.51. The topological polar surface area (TPSA) is 62.7 Å². The molecule has 138 valence electrons. The summed E-state index contributed by atoms with van der Waals surface area (Å²) in [7, 11) is 0. The quantitative estimate of drug-likeness (QED) is 0.497. The van der Waals surface area contributed by atoms with Gasteiger partial charge in [-0.2, -0.15) is 4.98 Å². The van der Waals surface area contributed by atoms with Crippen molar-refractivity contribution in [2.24, 2.45) is 0 Å². The average Bonchev–Trinajstić information content (AvgIpc) is 2.75. The highest BCUT2D eigenvalue weighted by atomic mass is 19.1. The number of rotatable bonds is 6. The molecule has 28 heavy (non-hydrogen) atoms. The molecule has 0 aliphatic rings. The summed E-state index contributed by atoms with van der Waals surface area (Å²) in [6.45, 7) is 0.533. The van der Waals surface area contributed by atoms with Crippen molar-refractivity contribution in [3.63, 3.8) is 0 Å². The van der Waals surface area contributed by atoms with Crippen LogP contribution in [0.3, 0.4) is 0 Å². The van der Waals surface area contributed by atoms with Gasteiger partial charge in [0.05, 0.1) is 11.4 Å². The molecule has 0 aliphatic heterocycles. The van der Waals surface area contributed by atoms with Crippen molar-refractivity contribution >= 4 is 17.5 Å². The maximum Gasteiger partial charge on any atom is 0.225 e. The van der Waals surface area contributed by atoms with Crippen LogP contribution in [-0.2, 0) is 6.54 Å². The van der Waals surface area contributed by atoms with E-state index in [0.717, 1.165) is 16.8 Å². The molecule has 2 aromatic heterocycles. The maximum atomic E-state index is 14.0. The lowest BCUT2D eigenvalue weighted by Crippen LogP contribution is -2.07. The third kappa shape index (κ3) is 4.29. The first-order valence-electron chi connectivity index (χ1n) is 8.87. The van der Waals surface area contributed by atoms with E-state index in [4.69, 9.17) is 0 Å². The van der Waals surface area contributed by atoms with Gasteiger partial charge in [0.1, 0.15) is 11.6 Å². The third-order valence-corrected chi connectivity index (χ3v) is 4.11. The molecule has 0 bridgehead atoms. The SMILES string of the molecule is Fc1ccccc1Nc1cc(-c2ccccc2)nc(NCc2cccnc2)n1. The number of nitrogens with one attached hydrogen (secondary N) is 2. The number of halogens is 1. The van der Waals surface area contributed by atoms with Crippen molar-refractivity contribution in [3.05, 3.63) is 96.6 Å². The Balaban J connectivity index is 1.65. The highest BCUT2D eigenvalue weighted by Gasteiger charge is 2.09. The minimum atomic E-state index is -0.341. The number of pyridine rings is 1. The Kier molecular flexibility index (Phi) is 5.20. The first kappa shape index (κ1) is 17.6. The van der Waals surface area contributed by atoms with E-state index < -0.39 is 0 Å². The highest BCUT2D eigenvalue weighted by molar-refractivity contribution is 5.67. The Morgan fingerprint density at radius 3 is 2.46 bits per heavy atom. The summed E-state index contributed by atoms with van der Waals surface area (Å²) in [6, 6.07) is 21.9. The molecule has 2 heterocycles. The van der Waals surface area contributed by atoms with Crippen molar-refractivity contribution in [2.75, 3.05) is 10.6 Å². The van der Waals surface area contributed by atoms with Crippen molar-refractivity contribution in [1.82, 2.24) is 15.0 Å². The van der Waals surface area contributed by atoms with E-state index in [-0.39, 0.29) is 5.82 Å². The lowest BCUT2D eigenvalue weighted by Gasteiger charge is -2.12. The summed E-state index contributed by atoms with van der Waals surface area (Å²) in [4.78, 5) is 13.2. The van der Waals surface area contributed by atoms with Gasteiger partial charge in [0.15, 0.2) is 0 Å². The van der Waals surface area contributed by atoms with Gasteiger partial charge < -0.3 is 10.6 Å². The summed E-state index contributed by atoms with van der Waals surface area (Å²) in [5, 5.41) is 6.26. The molecule has 0 saturated carbocycles. The third-order valence-electron chi connectivity index (χ3n) is 4.11. The molecule has 4 rings (SSSR count). The molecule has 2 N–H and O–H groups in total. The number of nitrogens with zero attached hydrogens (tertiary/aromatic N) is 3. The normalized spacial score (nSPS) is 10.5. The van der Waals surface area contributed by atoms with Gasteiger partial charge in [0.25, 0.3) is 0 Å². The fourth-order valence-electron chi connectivity index (χ4n) is 2.73. The van der Waals surface area contributed by atoms with E-state index >= 15 is 0 Å². The van der Waals surface area contributed by atoms with E-state index in [9.17, 15) is 4.39 Å². The van der Waals surface area contributed by atoms with Crippen LogP contribution in [0.2, 0.25) is 0 Å². The Labute approximate surface area is 162 Å². The Bertz CT molecular complexity index is 1050. The smallest absolute Gasteiger partial charge is 0.225 e. The molecular formula is C22H18FN5. The van der Waals surface area contributed by atoms with Crippen LogP contribution in [-0.4, -0.2) is 15.0 Å². The molecule has 5 nitrogen and oxygen atoms in total.